The normalized spacial score (nSPS) is 14.4. The number of Topliss-reactive ketones (excluding diaryl/α,β-unsaturated/α-hetero) is 1. The van der Waals surface area contributed by atoms with Gasteiger partial charge in [-0.3, -0.25) is 9.59 Å². The smallest absolute Gasteiger partial charge is 0.224 e. The number of ketones is 1. The lowest BCUT2D eigenvalue weighted by Gasteiger charge is -2.16. The van der Waals surface area contributed by atoms with Gasteiger partial charge in [0, 0.05) is 25.0 Å². The van der Waals surface area contributed by atoms with Gasteiger partial charge in [-0.25, -0.2) is 0 Å². The molecule has 4 nitrogen and oxygen atoms in total. The van der Waals surface area contributed by atoms with Crippen LogP contribution in [0.3, 0.4) is 0 Å². The number of hydrogen-bond acceptors (Lipinski definition) is 5. The predicted molar refractivity (Wildman–Crippen MR) is 67.7 cm³/mol. The summed E-state index contributed by atoms with van der Waals surface area (Å²) in [5.41, 5.74) is 0. The lowest BCUT2D eigenvalue weighted by Crippen LogP contribution is -2.39. The quantitative estimate of drug-likeness (QED) is 0.472. The topological polar surface area (TPSA) is 58.2 Å². The van der Waals surface area contributed by atoms with Crippen LogP contribution in [-0.2, 0) is 9.59 Å². The molecule has 0 rings (SSSR count). The molecule has 0 aliphatic rings. The molecule has 6 heteroatoms. The van der Waals surface area contributed by atoms with Crippen molar-refractivity contribution in [1.82, 2.24) is 10.6 Å². The summed E-state index contributed by atoms with van der Waals surface area (Å²) >= 11 is 8.12. The van der Waals surface area contributed by atoms with Crippen molar-refractivity contribution in [2.45, 2.75) is 12.5 Å². The summed E-state index contributed by atoms with van der Waals surface area (Å²) in [5.74, 6) is 0.292. The van der Waals surface area contributed by atoms with E-state index in [4.69, 9.17) is 0 Å². The molecule has 0 saturated heterocycles. The highest BCUT2D eigenvalue weighted by atomic mass is 32.1. The molecule has 0 aromatic carbocycles. The van der Waals surface area contributed by atoms with E-state index < -0.39 is 0 Å². The number of rotatable bonds is 7. The van der Waals surface area contributed by atoms with Gasteiger partial charge in [-0.2, -0.15) is 25.3 Å². The number of thiol groups is 2. The van der Waals surface area contributed by atoms with Gasteiger partial charge in [0.2, 0.25) is 5.91 Å². The summed E-state index contributed by atoms with van der Waals surface area (Å²) in [5, 5.41) is 5.37. The molecule has 0 spiro atoms. The van der Waals surface area contributed by atoms with E-state index in [1.165, 1.54) is 0 Å². The first-order valence-corrected chi connectivity index (χ1v) is 6.00. The Hall–Kier alpha value is -0.200. The van der Waals surface area contributed by atoms with Crippen molar-refractivity contribution in [3.63, 3.8) is 0 Å². The second-order valence-corrected chi connectivity index (χ2v) is 3.92. The zero-order valence-electron chi connectivity index (χ0n) is 8.99. The van der Waals surface area contributed by atoms with Crippen LogP contribution in [0.1, 0.15) is 6.42 Å². The first kappa shape index (κ1) is 14.8. The zero-order chi connectivity index (χ0) is 11.8. The summed E-state index contributed by atoms with van der Waals surface area (Å²) in [4.78, 5) is 23.0. The van der Waals surface area contributed by atoms with Gasteiger partial charge in [0.05, 0.1) is 12.0 Å². The fourth-order valence-electron chi connectivity index (χ4n) is 1.18. The molecule has 0 aliphatic heterocycles. The van der Waals surface area contributed by atoms with E-state index in [2.05, 4.69) is 35.9 Å². The van der Waals surface area contributed by atoms with Gasteiger partial charge in [0.25, 0.3) is 0 Å². The highest BCUT2D eigenvalue weighted by molar-refractivity contribution is 7.80. The van der Waals surface area contributed by atoms with E-state index in [1.807, 2.05) is 0 Å². The van der Waals surface area contributed by atoms with Gasteiger partial charge < -0.3 is 10.6 Å². The number of hydrogen-bond donors (Lipinski definition) is 4. The standard InChI is InChI=1S/C9H18N2O2S2/c1-10-7(5-15)8(12)3-6(4-14)9(13)11-2/h6-7,10,14-15H,3-5H2,1-2H3,(H,11,13)/t6-,7-/m0/s1. The lowest BCUT2D eigenvalue weighted by atomic mass is 10.00. The SMILES string of the molecule is CNC(=O)[C@H](CS)CC(=O)[C@H](CS)NC. The minimum atomic E-state index is -0.360. The highest BCUT2D eigenvalue weighted by Gasteiger charge is 2.23. The second kappa shape index (κ2) is 8.01. The molecule has 0 aliphatic carbocycles. The van der Waals surface area contributed by atoms with Crippen LogP contribution >= 0.6 is 25.3 Å². The third-order valence-electron chi connectivity index (χ3n) is 2.20. The molecule has 0 saturated carbocycles. The Morgan fingerprint density at radius 3 is 2.13 bits per heavy atom. The molecule has 2 atom stereocenters. The number of amides is 1. The monoisotopic (exact) mass is 250 g/mol. The average Bonchev–Trinajstić information content (AvgIpc) is 2.26. The van der Waals surface area contributed by atoms with Crippen LogP contribution in [0.5, 0.6) is 0 Å². The van der Waals surface area contributed by atoms with Gasteiger partial charge in [-0.1, -0.05) is 0 Å². The molecule has 0 radical (unpaired) electrons. The Labute approximate surface area is 101 Å². The summed E-state index contributed by atoms with van der Waals surface area (Å²) in [6, 6.07) is -0.291. The molecule has 88 valence electrons. The number of nitrogens with one attached hydrogen (secondary N) is 2. The largest absolute Gasteiger partial charge is 0.359 e. The summed E-state index contributed by atoms with van der Waals surface area (Å²) < 4.78 is 0. The fourth-order valence-corrected chi connectivity index (χ4v) is 1.86. The van der Waals surface area contributed by atoms with E-state index in [0.717, 1.165) is 0 Å². The van der Waals surface area contributed by atoms with Gasteiger partial charge in [0.1, 0.15) is 0 Å². The molecule has 0 aromatic heterocycles. The molecule has 0 fully saturated rings. The molecule has 0 heterocycles. The van der Waals surface area contributed by atoms with E-state index in [-0.39, 0.29) is 30.1 Å². The third-order valence-corrected chi connectivity index (χ3v) is 3.01. The van der Waals surface area contributed by atoms with Crippen molar-refractivity contribution in [2.75, 3.05) is 25.6 Å². The molecule has 1 amide bonds. The molecule has 2 N–H and O–H groups in total. The Balaban J connectivity index is 4.29. The van der Waals surface area contributed by atoms with Crippen molar-refractivity contribution in [1.29, 1.82) is 0 Å². The average molecular weight is 250 g/mol. The van der Waals surface area contributed by atoms with Crippen LogP contribution in [-0.4, -0.2) is 43.3 Å². The van der Waals surface area contributed by atoms with Crippen LogP contribution in [0, 0.1) is 5.92 Å². The van der Waals surface area contributed by atoms with Crippen molar-refractivity contribution < 1.29 is 9.59 Å². The Morgan fingerprint density at radius 1 is 1.20 bits per heavy atom. The van der Waals surface area contributed by atoms with E-state index in [0.29, 0.717) is 11.5 Å². The molecule has 0 unspecified atom stereocenters. The first-order valence-electron chi connectivity index (χ1n) is 4.74. The second-order valence-electron chi connectivity index (χ2n) is 3.19. The minimum absolute atomic E-state index is 0.00449. The third kappa shape index (κ3) is 4.90. The molecular formula is C9H18N2O2S2. The van der Waals surface area contributed by atoms with E-state index >= 15 is 0 Å². The fraction of sp³-hybridized carbons (Fsp3) is 0.778. The molecule has 0 bridgehead atoms. The van der Waals surface area contributed by atoms with Crippen molar-refractivity contribution in [3.05, 3.63) is 0 Å². The van der Waals surface area contributed by atoms with Crippen LogP contribution in [0.25, 0.3) is 0 Å². The Kier molecular flexibility index (Phi) is 7.90. The zero-order valence-corrected chi connectivity index (χ0v) is 10.8. The van der Waals surface area contributed by atoms with Crippen molar-refractivity contribution >= 4 is 36.9 Å². The summed E-state index contributed by atoms with van der Waals surface area (Å²) in [7, 11) is 3.26. The predicted octanol–water partition coefficient (Wildman–Crippen LogP) is -0.245. The Morgan fingerprint density at radius 2 is 1.80 bits per heavy atom. The number of carbonyl (C=O) groups excluding carboxylic acids is 2. The maximum absolute atomic E-state index is 11.7. The number of carbonyl (C=O) groups is 2. The van der Waals surface area contributed by atoms with E-state index in [1.54, 1.807) is 14.1 Å². The van der Waals surface area contributed by atoms with Crippen molar-refractivity contribution in [2.24, 2.45) is 5.92 Å². The first-order chi connectivity index (χ1) is 7.10. The van der Waals surface area contributed by atoms with Crippen LogP contribution in [0.2, 0.25) is 0 Å². The van der Waals surface area contributed by atoms with Crippen LogP contribution < -0.4 is 10.6 Å². The maximum Gasteiger partial charge on any atom is 0.224 e. The van der Waals surface area contributed by atoms with Crippen LogP contribution in [0.4, 0.5) is 0 Å². The van der Waals surface area contributed by atoms with E-state index in [9.17, 15) is 9.59 Å². The van der Waals surface area contributed by atoms with Crippen LogP contribution in [0.15, 0.2) is 0 Å². The minimum Gasteiger partial charge on any atom is -0.359 e. The molecule has 0 aromatic rings. The molecule has 15 heavy (non-hydrogen) atoms. The van der Waals surface area contributed by atoms with Gasteiger partial charge >= 0.3 is 0 Å². The molecular weight excluding hydrogens is 232 g/mol. The van der Waals surface area contributed by atoms with Gasteiger partial charge in [0.15, 0.2) is 5.78 Å². The van der Waals surface area contributed by atoms with Gasteiger partial charge in [-0.05, 0) is 7.05 Å². The number of likely N-dealkylation sites (N-methyl/N-ethyl adjacent to an activating group) is 1. The lowest BCUT2D eigenvalue weighted by molar-refractivity contribution is -0.128. The maximum atomic E-state index is 11.7. The highest BCUT2D eigenvalue weighted by Crippen LogP contribution is 2.08. The Bertz CT molecular complexity index is 220. The summed E-state index contributed by atoms with van der Waals surface area (Å²) in [6.45, 7) is 0. The van der Waals surface area contributed by atoms with Gasteiger partial charge in [-0.15, -0.1) is 0 Å². The van der Waals surface area contributed by atoms with Crippen molar-refractivity contribution in [3.8, 4) is 0 Å². The summed E-state index contributed by atoms with van der Waals surface area (Å²) in [6.07, 6.45) is 0.204.